The highest BCUT2D eigenvalue weighted by molar-refractivity contribution is 7.07. The highest BCUT2D eigenvalue weighted by Crippen LogP contribution is 2.20. The van der Waals surface area contributed by atoms with Crippen LogP contribution in [0.4, 0.5) is 0 Å². The van der Waals surface area contributed by atoms with Gasteiger partial charge in [0.15, 0.2) is 5.82 Å². The van der Waals surface area contributed by atoms with Crippen LogP contribution in [0, 0.1) is 0 Å². The van der Waals surface area contributed by atoms with Gasteiger partial charge in [0.05, 0.1) is 17.2 Å². The molecular weight excluding hydrogens is 326 g/mol. The molecule has 0 saturated carbocycles. The number of aryl methyl sites for hydroxylation is 2. The standard InChI is InChI=1S/C16H23N5O2S/c1-3-14-18-16(23-19-14)12(2)20-6-8-21(9-7-20)15(22)5-4-13-10-24-11-17-13/h10-12H,3-9H2,1-2H3. The monoisotopic (exact) mass is 349 g/mol. The molecule has 8 heteroatoms. The predicted octanol–water partition coefficient (Wildman–Crippen LogP) is 1.93. The number of thiazole rings is 1. The van der Waals surface area contributed by atoms with Crippen LogP contribution in [0.2, 0.25) is 0 Å². The second-order valence-electron chi connectivity index (χ2n) is 5.97. The zero-order chi connectivity index (χ0) is 16.9. The Kier molecular flexibility index (Phi) is 5.57. The lowest BCUT2D eigenvalue weighted by molar-refractivity contribution is -0.133. The third-order valence-corrected chi connectivity index (χ3v) is 5.09. The topological polar surface area (TPSA) is 75.4 Å². The van der Waals surface area contributed by atoms with Crippen LogP contribution < -0.4 is 0 Å². The highest BCUT2D eigenvalue weighted by atomic mass is 32.1. The number of amides is 1. The summed E-state index contributed by atoms with van der Waals surface area (Å²) in [6, 6.07) is 0.0880. The maximum Gasteiger partial charge on any atom is 0.243 e. The molecule has 1 fully saturated rings. The molecule has 0 N–H and O–H groups in total. The summed E-state index contributed by atoms with van der Waals surface area (Å²) in [5.41, 5.74) is 2.81. The summed E-state index contributed by atoms with van der Waals surface area (Å²) < 4.78 is 5.34. The zero-order valence-corrected chi connectivity index (χ0v) is 15.0. The maximum atomic E-state index is 12.3. The predicted molar refractivity (Wildman–Crippen MR) is 90.7 cm³/mol. The van der Waals surface area contributed by atoms with Gasteiger partial charge in [-0.1, -0.05) is 12.1 Å². The number of hydrogen-bond donors (Lipinski definition) is 0. The van der Waals surface area contributed by atoms with Crippen molar-refractivity contribution in [3.05, 3.63) is 28.3 Å². The molecular formula is C16H23N5O2S. The first-order chi connectivity index (χ1) is 11.7. The molecule has 2 aromatic heterocycles. The van der Waals surface area contributed by atoms with Crippen molar-refractivity contribution in [2.24, 2.45) is 0 Å². The van der Waals surface area contributed by atoms with Crippen LogP contribution in [0.5, 0.6) is 0 Å². The maximum absolute atomic E-state index is 12.3. The normalized spacial score (nSPS) is 17.2. The fourth-order valence-corrected chi connectivity index (χ4v) is 3.44. The van der Waals surface area contributed by atoms with Crippen molar-refractivity contribution in [2.75, 3.05) is 26.2 Å². The lowest BCUT2D eigenvalue weighted by Crippen LogP contribution is -2.49. The van der Waals surface area contributed by atoms with Crippen LogP contribution in [0.3, 0.4) is 0 Å². The Balaban J connectivity index is 1.47. The average Bonchev–Trinajstić information content (AvgIpc) is 3.30. The molecule has 0 spiro atoms. The molecule has 0 bridgehead atoms. The molecule has 24 heavy (non-hydrogen) atoms. The summed E-state index contributed by atoms with van der Waals surface area (Å²) in [7, 11) is 0. The molecule has 1 amide bonds. The quantitative estimate of drug-likeness (QED) is 0.793. The third kappa shape index (κ3) is 3.99. The third-order valence-electron chi connectivity index (χ3n) is 4.45. The lowest BCUT2D eigenvalue weighted by Gasteiger charge is -2.36. The molecule has 1 aliphatic rings. The van der Waals surface area contributed by atoms with Crippen molar-refractivity contribution in [1.29, 1.82) is 0 Å². The van der Waals surface area contributed by atoms with Gasteiger partial charge < -0.3 is 9.42 Å². The van der Waals surface area contributed by atoms with Crippen LogP contribution in [0.15, 0.2) is 15.4 Å². The Labute approximate surface area is 145 Å². The number of rotatable bonds is 6. The van der Waals surface area contributed by atoms with Crippen LogP contribution in [0.25, 0.3) is 0 Å². The van der Waals surface area contributed by atoms with Gasteiger partial charge in [-0.25, -0.2) is 4.98 Å². The first kappa shape index (κ1) is 17.0. The molecule has 1 saturated heterocycles. The van der Waals surface area contributed by atoms with Gasteiger partial charge in [-0.15, -0.1) is 11.3 Å². The van der Waals surface area contributed by atoms with E-state index in [-0.39, 0.29) is 11.9 Å². The first-order valence-corrected chi connectivity index (χ1v) is 9.33. The van der Waals surface area contributed by atoms with Crippen molar-refractivity contribution >= 4 is 17.2 Å². The van der Waals surface area contributed by atoms with Gasteiger partial charge in [0.2, 0.25) is 11.8 Å². The minimum Gasteiger partial charge on any atom is -0.340 e. The molecule has 7 nitrogen and oxygen atoms in total. The summed E-state index contributed by atoms with van der Waals surface area (Å²) in [6.45, 7) is 7.23. The van der Waals surface area contributed by atoms with Gasteiger partial charge in [0.1, 0.15) is 0 Å². The fraction of sp³-hybridized carbons (Fsp3) is 0.625. The Morgan fingerprint density at radius 2 is 2.17 bits per heavy atom. The number of aromatic nitrogens is 3. The molecule has 0 radical (unpaired) electrons. The summed E-state index contributed by atoms with van der Waals surface area (Å²) in [5.74, 6) is 1.62. The second kappa shape index (κ2) is 7.85. The fourth-order valence-electron chi connectivity index (χ4n) is 2.85. The smallest absolute Gasteiger partial charge is 0.243 e. The van der Waals surface area contributed by atoms with E-state index in [1.165, 1.54) is 0 Å². The van der Waals surface area contributed by atoms with Crippen LogP contribution in [0.1, 0.15) is 43.7 Å². The van der Waals surface area contributed by atoms with Gasteiger partial charge in [-0.3, -0.25) is 9.69 Å². The van der Waals surface area contributed by atoms with E-state index in [9.17, 15) is 4.79 Å². The molecule has 0 aliphatic carbocycles. The van der Waals surface area contributed by atoms with Crippen molar-refractivity contribution < 1.29 is 9.32 Å². The van der Waals surface area contributed by atoms with Crippen LogP contribution in [-0.4, -0.2) is 57.0 Å². The Hall–Kier alpha value is -1.80. The summed E-state index contributed by atoms with van der Waals surface area (Å²) in [4.78, 5) is 25.2. The van der Waals surface area contributed by atoms with Gasteiger partial charge in [0, 0.05) is 44.4 Å². The molecule has 1 atom stereocenters. The first-order valence-electron chi connectivity index (χ1n) is 8.38. The minimum absolute atomic E-state index is 0.0880. The number of nitrogens with zero attached hydrogens (tertiary/aromatic N) is 5. The number of carbonyl (C=O) groups is 1. The lowest BCUT2D eigenvalue weighted by atomic mass is 10.2. The Morgan fingerprint density at radius 1 is 1.38 bits per heavy atom. The van der Waals surface area contributed by atoms with Crippen molar-refractivity contribution in [3.8, 4) is 0 Å². The SMILES string of the molecule is CCc1noc(C(C)N2CCN(C(=O)CCc3cscn3)CC2)n1. The van der Waals surface area contributed by atoms with Gasteiger partial charge in [0.25, 0.3) is 0 Å². The number of carbonyl (C=O) groups excluding carboxylic acids is 1. The second-order valence-corrected chi connectivity index (χ2v) is 6.69. The van der Waals surface area contributed by atoms with Gasteiger partial charge >= 0.3 is 0 Å². The molecule has 1 aliphatic heterocycles. The number of hydrogen-bond acceptors (Lipinski definition) is 7. The van der Waals surface area contributed by atoms with E-state index >= 15 is 0 Å². The highest BCUT2D eigenvalue weighted by Gasteiger charge is 2.27. The molecule has 130 valence electrons. The molecule has 1 unspecified atom stereocenters. The van der Waals surface area contributed by atoms with E-state index in [4.69, 9.17) is 4.52 Å². The molecule has 3 rings (SSSR count). The van der Waals surface area contributed by atoms with Crippen molar-refractivity contribution in [2.45, 2.75) is 39.2 Å². The average molecular weight is 349 g/mol. The van der Waals surface area contributed by atoms with Crippen molar-refractivity contribution in [1.82, 2.24) is 24.9 Å². The van der Waals surface area contributed by atoms with E-state index in [0.717, 1.165) is 50.5 Å². The summed E-state index contributed by atoms with van der Waals surface area (Å²) in [5, 5.41) is 5.96. The Morgan fingerprint density at radius 3 is 2.79 bits per heavy atom. The van der Waals surface area contributed by atoms with Crippen molar-refractivity contribution in [3.63, 3.8) is 0 Å². The molecule has 2 aromatic rings. The summed E-state index contributed by atoms with van der Waals surface area (Å²) in [6.07, 6.45) is 2.03. The largest absolute Gasteiger partial charge is 0.340 e. The van der Waals surface area contributed by atoms with E-state index < -0.39 is 0 Å². The molecule has 3 heterocycles. The van der Waals surface area contributed by atoms with E-state index in [0.29, 0.717) is 12.3 Å². The molecule has 0 aromatic carbocycles. The van der Waals surface area contributed by atoms with Crippen LogP contribution >= 0.6 is 11.3 Å². The zero-order valence-electron chi connectivity index (χ0n) is 14.1. The number of piperazine rings is 1. The van der Waals surface area contributed by atoms with Gasteiger partial charge in [-0.05, 0) is 13.3 Å². The summed E-state index contributed by atoms with van der Waals surface area (Å²) >= 11 is 1.57. The van der Waals surface area contributed by atoms with E-state index in [1.807, 2.05) is 17.2 Å². The van der Waals surface area contributed by atoms with E-state index in [1.54, 1.807) is 16.8 Å². The minimum atomic E-state index is 0.0880. The Bertz CT molecular complexity index is 649. The van der Waals surface area contributed by atoms with E-state index in [2.05, 4.69) is 26.9 Å². The van der Waals surface area contributed by atoms with Crippen LogP contribution in [-0.2, 0) is 17.6 Å². The van der Waals surface area contributed by atoms with Gasteiger partial charge in [-0.2, -0.15) is 4.98 Å².